The molecule has 2 aliphatic rings. The third-order valence-electron chi connectivity index (χ3n) is 12.6. The average Bonchev–Trinajstić information content (AvgIpc) is 3.29. The first kappa shape index (κ1) is 31.9. The van der Waals surface area contributed by atoms with E-state index in [2.05, 4.69) is 188 Å². The Kier molecular flexibility index (Phi) is 6.78. The van der Waals surface area contributed by atoms with E-state index in [1.165, 1.54) is 123 Å². The number of hydrogen-bond acceptors (Lipinski definition) is 2. The van der Waals surface area contributed by atoms with Crippen LogP contribution in [0.25, 0.3) is 86.9 Å². The van der Waals surface area contributed by atoms with Crippen LogP contribution in [0.5, 0.6) is 0 Å². The fraction of sp³-hybridized carbons (Fsp3) is 0. The van der Waals surface area contributed by atoms with Crippen LogP contribution in [0.2, 0.25) is 0 Å². The van der Waals surface area contributed by atoms with Crippen molar-refractivity contribution in [1.82, 2.24) is 0 Å². The van der Waals surface area contributed by atoms with E-state index >= 15 is 0 Å². The molecule has 11 aromatic carbocycles. The minimum absolute atomic E-state index is 0.152. The third-order valence-corrected chi connectivity index (χ3v) is 15.0. The molecular weight excluding hydrogens is 724 g/mol. The Hall–Kier alpha value is -6.26. The second kappa shape index (κ2) is 12.1. The highest BCUT2D eigenvalue weighted by Gasteiger charge is 2.40. The standard InChI is InChI=1S/C54H31BS2/c1-3-17-38-34(13-1)36-15-5-7-19-40(36)46-29-32(25-27-42(38)46)44-31-45(33-26-28-43-39-18-4-2-14-35(39)37-16-6-8-20-41(37)47(43)30-33)54-52-53(44)56-50-23-11-9-21-48(50)55(52)49-22-10-12-24-51(49)57-54/h1-31H. The van der Waals surface area contributed by atoms with Gasteiger partial charge in [0, 0.05) is 19.6 Å². The summed E-state index contributed by atoms with van der Waals surface area (Å²) >= 11 is 3.91. The lowest BCUT2D eigenvalue weighted by atomic mass is 9.36. The topological polar surface area (TPSA) is 0 Å². The lowest BCUT2D eigenvalue weighted by Gasteiger charge is -2.35. The molecule has 0 unspecified atom stereocenters. The van der Waals surface area contributed by atoms with Gasteiger partial charge in [-0.25, -0.2) is 0 Å². The number of rotatable bonds is 2. The van der Waals surface area contributed by atoms with Crippen LogP contribution in [0.4, 0.5) is 0 Å². The van der Waals surface area contributed by atoms with Gasteiger partial charge in [-0.1, -0.05) is 192 Å². The minimum atomic E-state index is 0.152. The summed E-state index contributed by atoms with van der Waals surface area (Å²) in [5.74, 6) is 0. The Morgan fingerprint density at radius 3 is 0.982 bits per heavy atom. The van der Waals surface area contributed by atoms with Crippen LogP contribution in [-0.2, 0) is 0 Å². The van der Waals surface area contributed by atoms with Crippen LogP contribution in [-0.4, -0.2) is 6.71 Å². The second-order valence-corrected chi connectivity index (χ2v) is 17.6. The predicted molar refractivity (Wildman–Crippen MR) is 248 cm³/mol. The van der Waals surface area contributed by atoms with Gasteiger partial charge >= 0.3 is 0 Å². The van der Waals surface area contributed by atoms with Gasteiger partial charge < -0.3 is 0 Å². The normalized spacial score (nSPS) is 13.1. The highest BCUT2D eigenvalue weighted by Crippen LogP contribution is 2.49. The van der Waals surface area contributed by atoms with Crippen LogP contribution in [0.15, 0.2) is 208 Å². The molecule has 262 valence electrons. The van der Waals surface area contributed by atoms with Crippen molar-refractivity contribution < 1.29 is 0 Å². The van der Waals surface area contributed by atoms with E-state index in [4.69, 9.17) is 0 Å². The van der Waals surface area contributed by atoms with Gasteiger partial charge in [-0.2, -0.15) is 0 Å². The molecule has 0 aromatic heterocycles. The zero-order chi connectivity index (χ0) is 37.2. The molecule has 0 atom stereocenters. The second-order valence-electron chi connectivity index (χ2n) is 15.5. The first-order valence-electron chi connectivity index (χ1n) is 19.7. The molecule has 0 nitrogen and oxygen atoms in total. The van der Waals surface area contributed by atoms with E-state index < -0.39 is 0 Å². The molecule has 0 amide bonds. The highest BCUT2D eigenvalue weighted by molar-refractivity contribution is 8.01. The molecule has 0 bridgehead atoms. The van der Waals surface area contributed by atoms with Crippen molar-refractivity contribution in [3.05, 3.63) is 188 Å². The average molecular weight is 755 g/mol. The van der Waals surface area contributed by atoms with Gasteiger partial charge in [0.15, 0.2) is 0 Å². The van der Waals surface area contributed by atoms with Crippen molar-refractivity contribution in [3.8, 4) is 22.3 Å². The zero-order valence-corrected chi connectivity index (χ0v) is 32.4. The molecule has 11 aromatic rings. The summed E-state index contributed by atoms with van der Waals surface area (Å²) in [6, 6.07) is 70.8. The number of benzene rings is 11. The molecule has 0 aliphatic carbocycles. The monoisotopic (exact) mass is 754 g/mol. The predicted octanol–water partition coefficient (Wildman–Crippen LogP) is 13.4. The maximum Gasteiger partial charge on any atom is 0.247 e. The Balaban J connectivity index is 1.14. The van der Waals surface area contributed by atoms with Crippen molar-refractivity contribution in [2.45, 2.75) is 19.6 Å². The van der Waals surface area contributed by atoms with Gasteiger partial charge in [-0.15, -0.1) is 0 Å². The Morgan fingerprint density at radius 2 is 0.596 bits per heavy atom. The van der Waals surface area contributed by atoms with Crippen molar-refractivity contribution in [3.63, 3.8) is 0 Å². The summed E-state index contributed by atoms with van der Waals surface area (Å²) in [5.41, 5.74) is 9.37. The molecule has 57 heavy (non-hydrogen) atoms. The van der Waals surface area contributed by atoms with Gasteiger partial charge in [-0.05, 0) is 123 Å². The molecule has 2 aliphatic heterocycles. The first-order chi connectivity index (χ1) is 28.3. The van der Waals surface area contributed by atoms with Gasteiger partial charge in [0.1, 0.15) is 0 Å². The van der Waals surface area contributed by atoms with Crippen LogP contribution in [0.3, 0.4) is 0 Å². The largest absolute Gasteiger partial charge is 0.247 e. The van der Waals surface area contributed by atoms with E-state index in [1.54, 1.807) is 0 Å². The van der Waals surface area contributed by atoms with Crippen molar-refractivity contribution in [2.75, 3.05) is 0 Å². The van der Waals surface area contributed by atoms with Crippen LogP contribution < -0.4 is 16.4 Å². The lowest BCUT2D eigenvalue weighted by Crippen LogP contribution is -2.58. The van der Waals surface area contributed by atoms with Crippen molar-refractivity contribution >= 4 is 111 Å². The Labute approximate surface area is 339 Å². The summed E-state index contributed by atoms with van der Waals surface area (Å²) in [4.78, 5) is 5.44. The molecule has 0 spiro atoms. The van der Waals surface area contributed by atoms with Crippen LogP contribution >= 0.6 is 23.5 Å². The molecular formula is C54H31BS2. The lowest BCUT2D eigenvalue weighted by molar-refractivity contribution is 1.33. The van der Waals surface area contributed by atoms with E-state index in [-0.39, 0.29) is 6.71 Å². The quantitative estimate of drug-likeness (QED) is 0.127. The molecule has 0 radical (unpaired) electrons. The molecule has 0 saturated heterocycles. The van der Waals surface area contributed by atoms with Gasteiger partial charge in [0.25, 0.3) is 0 Å². The smallest absolute Gasteiger partial charge is 0.0905 e. The third kappa shape index (κ3) is 4.56. The fourth-order valence-electron chi connectivity index (χ4n) is 10.1. The van der Waals surface area contributed by atoms with Gasteiger partial charge in [-0.3, -0.25) is 0 Å². The molecule has 13 rings (SSSR count). The summed E-state index contributed by atoms with van der Waals surface area (Å²) in [6.07, 6.45) is 0. The van der Waals surface area contributed by atoms with Crippen LogP contribution in [0, 0.1) is 0 Å². The highest BCUT2D eigenvalue weighted by atomic mass is 32.2. The van der Waals surface area contributed by atoms with E-state index in [1.807, 2.05) is 23.5 Å². The summed E-state index contributed by atoms with van der Waals surface area (Å²) in [7, 11) is 0. The maximum atomic E-state index is 2.53. The molecule has 3 heteroatoms. The van der Waals surface area contributed by atoms with Crippen LogP contribution in [0.1, 0.15) is 0 Å². The molecule has 0 fully saturated rings. The minimum Gasteiger partial charge on any atom is -0.0905 e. The van der Waals surface area contributed by atoms with Crippen molar-refractivity contribution in [2.24, 2.45) is 0 Å². The summed E-state index contributed by atoms with van der Waals surface area (Å²) in [6.45, 7) is 0.152. The van der Waals surface area contributed by atoms with E-state index in [0.29, 0.717) is 0 Å². The maximum absolute atomic E-state index is 2.53. The molecule has 0 saturated carbocycles. The SMILES string of the molecule is c1ccc2c(c1)Sc1c(-c3ccc4c5ccccc5c5ccccc5c4c3)cc(-c3ccc4c5ccccc5c5ccccc5c4c3)c3c1B2c1ccccc1S3. The summed E-state index contributed by atoms with van der Waals surface area (Å²) < 4.78 is 0. The Bertz CT molecular complexity index is 3250. The molecule has 2 heterocycles. The van der Waals surface area contributed by atoms with Gasteiger partial charge in [0.05, 0.1) is 0 Å². The van der Waals surface area contributed by atoms with E-state index in [9.17, 15) is 0 Å². The number of hydrogen-bond donors (Lipinski definition) is 0. The number of fused-ring (bicyclic) bond motifs is 16. The van der Waals surface area contributed by atoms with Gasteiger partial charge in [0.2, 0.25) is 6.71 Å². The summed E-state index contributed by atoms with van der Waals surface area (Å²) in [5, 5.41) is 15.6. The zero-order valence-electron chi connectivity index (χ0n) is 30.8. The van der Waals surface area contributed by atoms with Crippen molar-refractivity contribution in [1.29, 1.82) is 0 Å². The Morgan fingerprint density at radius 1 is 0.281 bits per heavy atom. The fourth-order valence-corrected chi connectivity index (χ4v) is 12.7. The van der Waals surface area contributed by atoms with E-state index in [0.717, 1.165) is 0 Å². The first-order valence-corrected chi connectivity index (χ1v) is 21.3. The molecule has 0 N–H and O–H groups in total.